The molecular formula is C19H22N2O4. The van der Waals surface area contributed by atoms with Crippen LogP contribution in [-0.4, -0.2) is 23.7 Å². The van der Waals surface area contributed by atoms with Gasteiger partial charge in [-0.05, 0) is 41.3 Å². The molecule has 2 aromatic rings. The van der Waals surface area contributed by atoms with E-state index in [1.165, 1.54) is 0 Å². The standard InChI is InChI=1S/C19H22N2O4/c1-19(2,3)15-6-4-5-7-16(15)25-12-17(22)20-13-8-10-14(11-9-13)21-18(23)24/h4-11,21H,12H2,1-3H3,(H,20,22)(H,23,24). The Bertz CT molecular complexity index is 749. The second kappa shape index (κ2) is 7.70. The number of anilines is 2. The Morgan fingerprint density at radius 2 is 1.52 bits per heavy atom. The molecule has 25 heavy (non-hydrogen) atoms. The number of para-hydroxylation sites is 1. The Morgan fingerprint density at radius 3 is 2.08 bits per heavy atom. The summed E-state index contributed by atoms with van der Waals surface area (Å²) in [4.78, 5) is 22.6. The van der Waals surface area contributed by atoms with Crippen LogP contribution in [0.4, 0.5) is 16.2 Å². The van der Waals surface area contributed by atoms with E-state index in [1.54, 1.807) is 24.3 Å². The number of rotatable bonds is 5. The summed E-state index contributed by atoms with van der Waals surface area (Å²) in [6, 6.07) is 14.0. The van der Waals surface area contributed by atoms with E-state index in [9.17, 15) is 9.59 Å². The molecule has 0 saturated heterocycles. The number of carbonyl (C=O) groups is 2. The normalized spacial score (nSPS) is 10.8. The largest absolute Gasteiger partial charge is 0.483 e. The maximum absolute atomic E-state index is 12.1. The Hall–Kier alpha value is -3.02. The van der Waals surface area contributed by atoms with Gasteiger partial charge in [0.05, 0.1) is 0 Å². The number of ether oxygens (including phenoxy) is 1. The van der Waals surface area contributed by atoms with Gasteiger partial charge in [0.15, 0.2) is 6.61 Å². The molecule has 6 nitrogen and oxygen atoms in total. The van der Waals surface area contributed by atoms with Crippen LogP contribution < -0.4 is 15.4 Å². The molecule has 2 rings (SSSR count). The molecule has 0 aromatic heterocycles. The maximum Gasteiger partial charge on any atom is 0.409 e. The molecular weight excluding hydrogens is 320 g/mol. The van der Waals surface area contributed by atoms with Crippen LogP contribution in [0.25, 0.3) is 0 Å². The minimum Gasteiger partial charge on any atom is -0.483 e. The van der Waals surface area contributed by atoms with Gasteiger partial charge in [-0.3, -0.25) is 10.1 Å². The van der Waals surface area contributed by atoms with Crippen LogP contribution in [0.5, 0.6) is 5.75 Å². The third-order valence-electron chi connectivity index (χ3n) is 3.47. The number of amides is 2. The molecule has 0 bridgehead atoms. The Morgan fingerprint density at radius 1 is 0.960 bits per heavy atom. The van der Waals surface area contributed by atoms with Crippen molar-refractivity contribution in [2.24, 2.45) is 0 Å². The van der Waals surface area contributed by atoms with Crippen LogP contribution in [0.3, 0.4) is 0 Å². The SMILES string of the molecule is CC(C)(C)c1ccccc1OCC(=O)Nc1ccc(NC(=O)O)cc1. The van der Waals surface area contributed by atoms with E-state index in [1.807, 2.05) is 24.3 Å². The lowest BCUT2D eigenvalue weighted by molar-refractivity contribution is -0.118. The average molecular weight is 342 g/mol. The second-order valence-electron chi connectivity index (χ2n) is 6.59. The first-order chi connectivity index (χ1) is 11.8. The molecule has 0 radical (unpaired) electrons. The molecule has 2 aromatic carbocycles. The van der Waals surface area contributed by atoms with E-state index >= 15 is 0 Å². The van der Waals surface area contributed by atoms with Crippen LogP contribution in [0.15, 0.2) is 48.5 Å². The second-order valence-corrected chi connectivity index (χ2v) is 6.59. The fourth-order valence-electron chi connectivity index (χ4n) is 2.31. The molecule has 132 valence electrons. The minimum atomic E-state index is -1.14. The van der Waals surface area contributed by atoms with Gasteiger partial charge in [0, 0.05) is 11.4 Å². The summed E-state index contributed by atoms with van der Waals surface area (Å²) < 4.78 is 5.67. The van der Waals surface area contributed by atoms with E-state index in [2.05, 4.69) is 31.4 Å². The first kappa shape index (κ1) is 18.3. The molecule has 6 heteroatoms. The molecule has 0 aliphatic carbocycles. The Kier molecular flexibility index (Phi) is 5.64. The summed E-state index contributed by atoms with van der Waals surface area (Å²) in [7, 11) is 0. The number of carbonyl (C=O) groups excluding carboxylic acids is 1. The molecule has 2 amide bonds. The number of hydrogen-bond acceptors (Lipinski definition) is 3. The molecule has 0 aliphatic rings. The minimum absolute atomic E-state index is 0.0833. The summed E-state index contributed by atoms with van der Waals surface area (Å²) in [5, 5.41) is 13.6. The third kappa shape index (κ3) is 5.53. The zero-order chi connectivity index (χ0) is 18.4. The highest BCUT2D eigenvalue weighted by Gasteiger charge is 2.18. The van der Waals surface area contributed by atoms with Crippen molar-refractivity contribution in [2.75, 3.05) is 17.2 Å². The first-order valence-electron chi connectivity index (χ1n) is 7.88. The molecule has 0 atom stereocenters. The lowest BCUT2D eigenvalue weighted by Gasteiger charge is -2.22. The molecule has 0 heterocycles. The molecule has 0 spiro atoms. The van der Waals surface area contributed by atoms with E-state index < -0.39 is 6.09 Å². The zero-order valence-electron chi connectivity index (χ0n) is 14.5. The van der Waals surface area contributed by atoms with E-state index in [4.69, 9.17) is 9.84 Å². The van der Waals surface area contributed by atoms with E-state index in [0.29, 0.717) is 17.1 Å². The van der Waals surface area contributed by atoms with Crippen molar-refractivity contribution in [2.45, 2.75) is 26.2 Å². The molecule has 3 N–H and O–H groups in total. The van der Waals surface area contributed by atoms with Gasteiger partial charge in [0.1, 0.15) is 5.75 Å². The summed E-state index contributed by atoms with van der Waals surface area (Å²) in [6.45, 7) is 6.15. The van der Waals surface area contributed by atoms with Gasteiger partial charge in [-0.25, -0.2) is 4.79 Å². The van der Waals surface area contributed by atoms with Gasteiger partial charge in [-0.1, -0.05) is 39.0 Å². The lowest BCUT2D eigenvalue weighted by atomic mass is 9.86. The van der Waals surface area contributed by atoms with Gasteiger partial charge >= 0.3 is 6.09 Å². The monoisotopic (exact) mass is 342 g/mol. The average Bonchev–Trinajstić information content (AvgIpc) is 2.54. The van der Waals surface area contributed by atoms with Gasteiger partial charge in [-0.2, -0.15) is 0 Å². The van der Waals surface area contributed by atoms with Gasteiger partial charge in [0.25, 0.3) is 5.91 Å². The fraction of sp³-hybridized carbons (Fsp3) is 0.263. The molecule has 0 unspecified atom stereocenters. The molecule has 0 fully saturated rings. The number of carboxylic acid groups (broad SMARTS) is 1. The van der Waals surface area contributed by atoms with Gasteiger partial charge < -0.3 is 15.2 Å². The van der Waals surface area contributed by atoms with Crippen molar-refractivity contribution >= 4 is 23.4 Å². The predicted octanol–water partition coefficient (Wildman–Crippen LogP) is 4.09. The summed E-state index contributed by atoms with van der Waals surface area (Å²) in [5.74, 6) is 0.397. The van der Waals surface area contributed by atoms with Crippen LogP contribution in [0.2, 0.25) is 0 Å². The molecule has 0 aliphatic heterocycles. The van der Waals surface area contributed by atoms with Crippen LogP contribution >= 0.6 is 0 Å². The fourth-order valence-corrected chi connectivity index (χ4v) is 2.31. The van der Waals surface area contributed by atoms with Crippen molar-refractivity contribution in [1.29, 1.82) is 0 Å². The van der Waals surface area contributed by atoms with Crippen molar-refractivity contribution < 1.29 is 19.4 Å². The lowest BCUT2D eigenvalue weighted by Crippen LogP contribution is -2.22. The van der Waals surface area contributed by atoms with Crippen molar-refractivity contribution in [3.05, 3.63) is 54.1 Å². The van der Waals surface area contributed by atoms with E-state index in [-0.39, 0.29) is 17.9 Å². The van der Waals surface area contributed by atoms with Gasteiger partial charge in [0.2, 0.25) is 0 Å². The summed E-state index contributed by atoms with van der Waals surface area (Å²) in [5.41, 5.74) is 1.95. The highest BCUT2D eigenvalue weighted by molar-refractivity contribution is 5.92. The maximum atomic E-state index is 12.1. The number of nitrogens with one attached hydrogen (secondary N) is 2. The predicted molar refractivity (Wildman–Crippen MR) is 97.4 cm³/mol. The number of benzene rings is 2. The highest BCUT2D eigenvalue weighted by atomic mass is 16.5. The topological polar surface area (TPSA) is 87.7 Å². The summed E-state index contributed by atoms with van der Waals surface area (Å²) >= 11 is 0. The Balaban J connectivity index is 1.94. The quantitative estimate of drug-likeness (QED) is 0.763. The van der Waals surface area contributed by atoms with E-state index in [0.717, 1.165) is 5.56 Å². The smallest absolute Gasteiger partial charge is 0.409 e. The molecule has 0 saturated carbocycles. The summed E-state index contributed by atoms with van der Waals surface area (Å²) in [6.07, 6.45) is -1.14. The highest BCUT2D eigenvalue weighted by Crippen LogP contribution is 2.30. The Labute approximate surface area is 146 Å². The zero-order valence-corrected chi connectivity index (χ0v) is 14.5. The van der Waals surface area contributed by atoms with Crippen molar-refractivity contribution in [3.63, 3.8) is 0 Å². The number of hydrogen-bond donors (Lipinski definition) is 3. The van der Waals surface area contributed by atoms with Crippen LogP contribution in [-0.2, 0) is 10.2 Å². The van der Waals surface area contributed by atoms with Crippen LogP contribution in [0.1, 0.15) is 26.3 Å². The van der Waals surface area contributed by atoms with Crippen LogP contribution in [0, 0.1) is 0 Å². The van der Waals surface area contributed by atoms with Crippen molar-refractivity contribution in [3.8, 4) is 5.75 Å². The first-order valence-corrected chi connectivity index (χ1v) is 7.88. The van der Waals surface area contributed by atoms with Gasteiger partial charge in [-0.15, -0.1) is 0 Å². The third-order valence-corrected chi connectivity index (χ3v) is 3.47. The van der Waals surface area contributed by atoms with Crippen molar-refractivity contribution in [1.82, 2.24) is 0 Å².